The summed E-state index contributed by atoms with van der Waals surface area (Å²) in [6.45, 7) is 8.65. The van der Waals surface area contributed by atoms with Crippen LogP contribution in [0.1, 0.15) is 65.1 Å². The summed E-state index contributed by atoms with van der Waals surface area (Å²) in [7, 11) is 0. The molecule has 5 heteroatoms. The van der Waals surface area contributed by atoms with Crippen LogP contribution in [0.15, 0.2) is 152 Å². The quantitative estimate of drug-likeness (QED) is 0.0966. The Kier molecular flexibility index (Phi) is 13.1. The van der Waals surface area contributed by atoms with E-state index in [1.807, 2.05) is 75.4 Å². The second kappa shape index (κ2) is 18.3. The van der Waals surface area contributed by atoms with Crippen molar-refractivity contribution in [1.29, 1.82) is 0 Å². The summed E-state index contributed by atoms with van der Waals surface area (Å²) in [5.41, 5.74) is 24.1. The molecule has 1 aliphatic heterocycles. The smallest absolute Gasteiger partial charge is 0.146 e. The van der Waals surface area contributed by atoms with Gasteiger partial charge in [-0.25, -0.2) is 10.9 Å². The standard InChI is InChI=1S/C23H23NO.C20H19N3.C2H6/c1-17-8-10-19(11-9-17)12-13-21-14-15-22(24)23(18(21)2)25-16-20-6-4-3-5-7-20;1-3-7-15(8-4-1)16-11-13-18(14-12-16)20-21-19(22-23-20)17-9-5-2-6-10-17;1-2/h3-15H,16,24H2,1-2H3;1-14,19-23H;1-2H3/b13-12-;;. The minimum absolute atomic E-state index is 0.102. The first kappa shape index (κ1) is 35.8. The first-order chi connectivity index (χ1) is 24.5. The molecule has 0 bridgehead atoms. The normalized spacial score (nSPS) is 15.0. The topological polar surface area (TPSA) is 71.3 Å². The van der Waals surface area contributed by atoms with Gasteiger partial charge in [-0.05, 0) is 58.9 Å². The van der Waals surface area contributed by atoms with Gasteiger partial charge >= 0.3 is 0 Å². The van der Waals surface area contributed by atoms with Crippen LogP contribution in [0.25, 0.3) is 23.3 Å². The van der Waals surface area contributed by atoms with E-state index >= 15 is 0 Å². The number of nitrogens with one attached hydrogen (secondary N) is 3. The number of hydrazine groups is 1. The summed E-state index contributed by atoms with van der Waals surface area (Å²) in [5, 5.41) is 3.56. The third-order valence-electron chi connectivity index (χ3n) is 8.43. The second-order valence-electron chi connectivity index (χ2n) is 11.9. The monoisotopic (exact) mass is 660 g/mol. The maximum Gasteiger partial charge on any atom is 0.146 e. The van der Waals surface area contributed by atoms with Crippen molar-refractivity contribution >= 4 is 17.8 Å². The van der Waals surface area contributed by atoms with Gasteiger partial charge in [0.15, 0.2) is 0 Å². The molecule has 0 radical (unpaired) electrons. The third kappa shape index (κ3) is 9.80. The molecule has 6 aromatic rings. The van der Waals surface area contributed by atoms with E-state index in [-0.39, 0.29) is 12.3 Å². The predicted octanol–water partition coefficient (Wildman–Crippen LogP) is 10.4. The lowest BCUT2D eigenvalue weighted by Crippen LogP contribution is -2.26. The van der Waals surface area contributed by atoms with Crippen molar-refractivity contribution in [1.82, 2.24) is 16.2 Å². The molecule has 5 N–H and O–H groups in total. The summed E-state index contributed by atoms with van der Waals surface area (Å²) in [6.07, 6.45) is 4.44. The number of benzene rings is 6. The second-order valence-corrected chi connectivity index (χ2v) is 11.9. The molecular weight excluding hydrogens is 613 g/mol. The van der Waals surface area contributed by atoms with E-state index in [2.05, 4.69) is 132 Å². The number of ether oxygens (including phenoxy) is 1. The molecule has 254 valence electrons. The van der Waals surface area contributed by atoms with Gasteiger partial charge in [-0.1, -0.05) is 177 Å². The van der Waals surface area contributed by atoms with E-state index in [0.717, 1.165) is 22.4 Å². The molecule has 2 unspecified atom stereocenters. The van der Waals surface area contributed by atoms with Crippen LogP contribution in [-0.4, -0.2) is 0 Å². The van der Waals surface area contributed by atoms with E-state index in [1.165, 1.54) is 33.4 Å². The van der Waals surface area contributed by atoms with Gasteiger partial charge in [0, 0.05) is 5.56 Å². The third-order valence-corrected chi connectivity index (χ3v) is 8.43. The number of nitrogen functional groups attached to an aromatic ring is 1. The van der Waals surface area contributed by atoms with Crippen molar-refractivity contribution in [2.24, 2.45) is 0 Å². The van der Waals surface area contributed by atoms with Crippen molar-refractivity contribution in [3.8, 4) is 16.9 Å². The van der Waals surface area contributed by atoms with Crippen LogP contribution < -0.4 is 26.6 Å². The lowest BCUT2D eigenvalue weighted by Gasteiger charge is -2.14. The highest BCUT2D eigenvalue weighted by molar-refractivity contribution is 5.75. The predicted molar refractivity (Wildman–Crippen MR) is 211 cm³/mol. The van der Waals surface area contributed by atoms with Crippen LogP contribution in [0.3, 0.4) is 0 Å². The van der Waals surface area contributed by atoms with Gasteiger partial charge in [-0.3, -0.25) is 5.32 Å². The molecule has 1 fully saturated rings. The van der Waals surface area contributed by atoms with E-state index in [1.54, 1.807) is 0 Å². The van der Waals surface area contributed by atoms with E-state index in [9.17, 15) is 0 Å². The Morgan fingerprint density at radius 3 is 1.74 bits per heavy atom. The minimum atomic E-state index is 0.102. The average molecular weight is 661 g/mol. The highest BCUT2D eigenvalue weighted by atomic mass is 16.5. The number of hydrogen-bond donors (Lipinski definition) is 4. The van der Waals surface area contributed by atoms with Gasteiger partial charge in [0.05, 0.1) is 18.0 Å². The fourth-order valence-electron chi connectivity index (χ4n) is 5.61. The summed E-state index contributed by atoms with van der Waals surface area (Å²) in [4.78, 5) is 0. The zero-order chi connectivity index (χ0) is 35.1. The molecule has 2 atom stereocenters. The Morgan fingerprint density at radius 1 is 0.580 bits per heavy atom. The summed E-state index contributed by atoms with van der Waals surface area (Å²) >= 11 is 0. The Balaban J connectivity index is 0.000000186. The fraction of sp³-hybridized carbons (Fsp3) is 0.156. The Hall–Kier alpha value is -5.46. The van der Waals surface area contributed by atoms with Gasteiger partial charge in [-0.15, -0.1) is 0 Å². The maximum absolute atomic E-state index is 6.13. The van der Waals surface area contributed by atoms with E-state index in [4.69, 9.17) is 10.5 Å². The van der Waals surface area contributed by atoms with E-state index < -0.39 is 0 Å². The molecule has 1 saturated heterocycles. The van der Waals surface area contributed by atoms with Crippen LogP contribution in [-0.2, 0) is 6.61 Å². The summed E-state index contributed by atoms with van der Waals surface area (Å²) < 4.78 is 6.00. The minimum Gasteiger partial charge on any atom is -0.486 e. The molecule has 5 nitrogen and oxygen atoms in total. The summed E-state index contributed by atoms with van der Waals surface area (Å²) in [6, 6.07) is 52.0. The number of anilines is 1. The zero-order valence-corrected chi connectivity index (χ0v) is 29.4. The van der Waals surface area contributed by atoms with Crippen molar-refractivity contribution in [3.63, 3.8) is 0 Å². The first-order valence-corrected chi connectivity index (χ1v) is 17.3. The van der Waals surface area contributed by atoms with Gasteiger partial charge in [-0.2, -0.15) is 0 Å². The highest BCUT2D eigenvalue weighted by Crippen LogP contribution is 2.31. The Morgan fingerprint density at radius 2 is 1.12 bits per heavy atom. The van der Waals surface area contributed by atoms with Crippen molar-refractivity contribution < 1.29 is 4.74 Å². The molecule has 1 heterocycles. The molecule has 6 aromatic carbocycles. The molecule has 1 aliphatic rings. The van der Waals surface area contributed by atoms with Crippen LogP contribution in [0.2, 0.25) is 0 Å². The largest absolute Gasteiger partial charge is 0.486 e. The zero-order valence-electron chi connectivity index (χ0n) is 29.4. The number of aryl methyl sites for hydroxylation is 1. The van der Waals surface area contributed by atoms with Gasteiger partial charge in [0.1, 0.15) is 12.4 Å². The fourth-order valence-corrected chi connectivity index (χ4v) is 5.61. The highest BCUT2D eigenvalue weighted by Gasteiger charge is 2.24. The van der Waals surface area contributed by atoms with E-state index in [0.29, 0.717) is 12.3 Å². The van der Waals surface area contributed by atoms with Crippen LogP contribution in [0, 0.1) is 13.8 Å². The molecule has 0 aliphatic carbocycles. The molecule has 0 saturated carbocycles. The Labute approximate surface area is 297 Å². The first-order valence-electron chi connectivity index (χ1n) is 17.3. The van der Waals surface area contributed by atoms with Crippen molar-refractivity contribution in [2.45, 2.75) is 46.6 Å². The van der Waals surface area contributed by atoms with Gasteiger partial charge < -0.3 is 10.5 Å². The molecule has 7 rings (SSSR count). The summed E-state index contributed by atoms with van der Waals surface area (Å²) in [5.74, 6) is 0.759. The lowest BCUT2D eigenvalue weighted by atomic mass is 10.0. The number of nitrogens with two attached hydrogens (primary N) is 1. The lowest BCUT2D eigenvalue weighted by molar-refractivity contribution is 0.306. The van der Waals surface area contributed by atoms with Gasteiger partial charge in [0.25, 0.3) is 0 Å². The Bertz CT molecular complexity index is 1910. The van der Waals surface area contributed by atoms with Crippen molar-refractivity contribution in [2.75, 3.05) is 5.73 Å². The van der Waals surface area contributed by atoms with Crippen molar-refractivity contribution in [3.05, 3.63) is 191 Å². The molecule has 0 spiro atoms. The van der Waals surface area contributed by atoms with Gasteiger partial charge in [0.2, 0.25) is 0 Å². The maximum atomic E-state index is 6.13. The van der Waals surface area contributed by atoms with Crippen LogP contribution in [0.4, 0.5) is 5.69 Å². The van der Waals surface area contributed by atoms with Crippen LogP contribution >= 0.6 is 0 Å². The molecular formula is C45H48N4O. The molecule has 0 amide bonds. The molecule has 0 aromatic heterocycles. The SMILES string of the molecule is CC.Cc1ccc(/C=C\c2ccc(N)c(OCc3ccccc3)c2C)cc1.c1ccc(-c2ccc(C3NNC(c4ccccc4)N3)cc2)cc1. The number of hydrogen-bond acceptors (Lipinski definition) is 5. The average Bonchev–Trinajstić information content (AvgIpc) is 3.68. The van der Waals surface area contributed by atoms with Crippen LogP contribution in [0.5, 0.6) is 5.75 Å². The molecule has 50 heavy (non-hydrogen) atoms. The number of rotatable bonds is 8.